The second-order valence-electron chi connectivity index (χ2n) is 14.3. The number of hydrogen-bond acceptors (Lipinski definition) is 8. The Morgan fingerprint density at radius 3 is 2.02 bits per heavy atom. The number of aryl methyl sites for hydroxylation is 3. The Kier molecular flexibility index (Phi) is 13.3. The van der Waals surface area contributed by atoms with E-state index >= 15 is 4.79 Å². The topological polar surface area (TPSA) is 110 Å². The van der Waals surface area contributed by atoms with Gasteiger partial charge in [-0.15, -0.1) is 20.9 Å². The molecule has 0 fully saturated rings. The molecule has 9 nitrogen and oxygen atoms in total. The predicted molar refractivity (Wildman–Crippen MR) is 227 cm³/mol. The van der Waals surface area contributed by atoms with Crippen LogP contribution >= 0.6 is 22.9 Å². The van der Waals surface area contributed by atoms with Crippen LogP contribution in [0.15, 0.2) is 121 Å². The van der Waals surface area contributed by atoms with Gasteiger partial charge in [0, 0.05) is 23.6 Å². The van der Waals surface area contributed by atoms with Gasteiger partial charge in [0.1, 0.15) is 18.1 Å². The third kappa shape index (κ3) is 9.72. The highest BCUT2D eigenvalue weighted by Crippen LogP contribution is 2.39. The molecule has 0 unspecified atom stereocenters. The molecule has 2 aromatic heterocycles. The molecule has 4 aromatic carbocycles. The fourth-order valence-electron chi connectivity index (χ4n) is 7.13. The molecule has 2 atom stereocenters. The lowest BCUT2D eigenvalue weighted by molar-refractivity contribution is -0.153. The molecule has 0 aliphatic rings. The summed E-state index contributed by atoms with van der Waals surface area (Å²) in [6.45, 7) is 5.42. The minimum atomic E-state index is -4.54. The summed E-state index contributed by atoms with van der Waals surface area (Å²) in [5, 5.41) is 6.57. The molecule has 0 spiro atoms. The number of carbonyl (C=O) groups excluding carboxylic acids is 2. The van der Waals surface area contributed by atoms with E-state index in [1.165, 1.54) is 36.8 Å². The first kappa shape index (κ1) is 43.1. The lowest BCUT2D eigenvalue weighted by Crippen LogP contribution is -2.73. The second kappa shape index (κ2) is 18.2. The summed E-state index contributed by atoms with van der Waals surface area (Å²) in [7, 11) is 1.47. The van der Waals surface area contributed by atoms with E-state index in [4.69, 9.17) is 22.1 Å². The normalized spacial score (nSPS) is 13.7. The first-order chi connectivity index (χ1) is 28.1. The van der Waals surface area contributed by atoms with Crippen molar-refractivity contribution in [3.05, 3.63) is 171 Å². The molecule has 0 aliphatic heterocycles. The molecular weight excluding hydrogens is 797 g/mol. The van der Waals surface area contributed by atoms with Crippen LogP contribution in [0.5, 0.6) is 5.88 Å². The number of nitrogens with two attached hydrogens (primary N) is 1. The third-order valence-electron chi connectivity index (χ3n) is 10.3. The Labute approximate surface area is 350 Å². The van der Waals surface area contributed by atoms with Crippen LogP contribution in [0.25, 0.3) is 0 Å². The van der Waals surface area contributed by atoms with Gasteiger partial charge in [0.05, 0.1) is 36.1 Å². The van der Waals surface area contributed by atoms with Crippen molar-refractivity contribution >= 4 is 45.4 Å². The Hall–Kier alpha value is -5.44. The van der Waals surface area contributed by atoms with Crippen LogP contribution in [0, 0.1) is 20.8 Å². The van der Waals surface area contributed by atoms with Gasteiger partial charge in [-0.3, -0.25) is 4.79 Å². The smallest absolute Gasteiger partial charge is 0.416 e. The molecule has 0 radical (unpaired) electrons. The number of pyridine rings is 1. The maximum Gasteiger partial charge on any atom is 0.416 e. The van der Waals surface area contributed by atoms with Gasteiger partial charge < -0.3 is 15.8 Å². The molecule has 6 rings (SSSR count). The SMILES string of the molecule is COc1ccc([N@+](CCc2ccc(C(F)(F)F)cc2)(C(=O)[C@](N)(c2ccccc2)c2ccc(Cl)cc2)N(CCc2ccc(C)cc2)CC(=O)Nc2sc(C)nc2C)cn1. The van der Waals surface area contributed by atoms with E-state index in [-0.39, 0.29) is 31.9 Å². The number of benzene rings is 4. The van der Waals surface area contributed by atoms with E-state index in [1.807, 2.05) is 44.2 Å². The molecule has 59 heavy (non-hydrogen) atoms. The zero-order chi connectivity index (χ0) is 42.4. The predicted octanol–water partition coefficient (Wildman–Crippen LogP) is 9.22. The Morgan fingerprint density at radius 1 is 0.831 bits per heavy atom. The van der Waals surface area contributed by atoms with E-state index in [2.05, 4.69) is 15.3 Å². The highest BCUT2D eigenvalue weighted by atomic mass is 35.5. The molecule has 0 aliphatic carbocycles. The number of ether oxygens (including phenoxy) is 1. The van der Waals surface area contributed by atoms with E-state index in [1.54, 1.807) is 72.6 Å². The maximum absolute atomic E-state index is 16.5. The summed E-state index contributed by atoms with van der Waals surface area (Å²) in [4.78, 5) is 39.9. The highest BCUT2D eigenvalue weighted by molar-refractivity contribution is 7.16. The Balaban J connectivity index is 1.60. The number of methoxy groups -OCH3 is 1. The van der Waals surface area contributed by atoms with Crippen molar-refractivity contribution in [2.75, 3.05) is 32.1 Å². The number of hydrogen-bond donors (Lipinski definition) is 2. The lowest BCUT2D eigenvalue weighted by atomic mass is 9.81. The van der Waals surface area contributed by atoms with Crippen LogP contribution < -0.4 is 20.4 Å². The van der Waals surface area contributed by atoms with Gasteiger partial charge in [0.15, 0.2) is 11.2 Å². The molecule has 0 bridgehead atoms. The number of alkyl halides is 3. The van der Waals surface area contributed by atoms with Gasteiger partial charge >= 0.3 is 12.1 Å². The van der Waals surface area contributed by atoms with Crippen molar-refractivity contribution < 1.29 is 27.5 Å². The van der Waals surface area contributed by atoms with Gasteiger partial charge in [-0.2, -0.15) is 13.2 Å². The summed E-state index contributed by atoms with van der Waals surface area (Å²) in [5.74, 6) is -0.686. The van der Waals surface area contributed by atoms with Crippen LogP contribution in [-0.4, -0.2) is 53.5 Å². The third-order valence-corrected chi connectivity index (χ3v) is 11.5. The van der Waals surface area contributed by atoms with Crippen molar-refractivity contribution in [2.24, 2.45) is 5.73 Å². The molecule has 6 aromatic rings. The lowest BCUT2D eigenvalue weighted by Gasteiger charge is -2.46. The summed E-state index contributed by atoms with van der Waals surface area (Å²) >= 11 is 7.72. The quantitative estimate of drug-likeness (QED) is 0.0784. The number of carbonyl (C=O) groups is 2. The number of halogens is 4. The van der Waals surface area contributed by atoms with Gasteiger partial charge in [-0.05, 0) is 73.7 Å². The molecule has 0 saturated heterocycles. The number of anilines is 1. The second-order valence-corrected chi connectivity index (χ2v) is 15.9. The average molecular weight is 842 g/mol. The molecule has 0 saturated carbocycles. The standard InChI is InChI=1S/C45H44ClF3N6O3S/c1-30-10-12-33(13-11-30)24-26-54(29-40(56)53-42-31(2)52-32(3)59-42)55(39-22-23-41(58-4)51-28-39,27-25-34-14-16-37(17-15-34)45(47,48)49)43(57)44(50,35-8-6-5-7-9-35)36-18-20-38(46)21-19-36/h5-23,28H,24-27,29,50H2,1-4H3/p+1/t44-,55+/m0/s1. The van der Waals surface area contributed by atoms with Crippen molar-refractivity contribution in [3.8, 4) is 5.88 Å². The van der Waals surface area contributed by atoms with E-state index in [9.17, 15) is 18.0 Å². The number of aromatic nitrogens is 2. The zero-order valence-electron chi connectivity index (χ0n) is 33.1. The van der Waals surface area contributed by atoms with Gasteiger partial charge in [-0.25, -0.2) is 14.8 Å². The van der Waals surface area contributed by atoms with Crippen molar-refractivity contribution in [3.63, 3.8) is 0 Å². The number of rotatable bonds is 15. The summed E-state index contributed by atoms with van der Waals surface area (Å²) in [6.07, 6.45) is -2.51. The largest absolute Gasteiger partial charge is 0.481 e. The first-order valence-electron chi connectivity index (χ1n) is 18.9. The Morgan fingerprint density at radius 2 is 1.44 bits per heavy atom. The molecule has 14 heteroatoms. The maximum atomic E-state index is 16.5. The number of amides is 2. The molecule has 3 N–H and O–H groups in total. The van der Waals surface area contributed by atoms with Crippen LogP contribution in [0.3, 0.4) is 0 Å². The van der Waals surface area contributed by atoms with Gasteiger partial charge in [0.2, 0.25) is 11.8 Å². The van der Waals surface area contributed by atoms with Crippen LogP contribution in [-0.2, 0) is 34.1 Å². The monoisotopic (exact) mass is 841 g/mol. The fourth-order valence-corrected chi connectivity index (χ4v) is 8.09. The van der Waals surface area contributed by atoms with Crippen LogP contribution in [0.4, 0.5) is 23.9 Å². The van der Waals surface area contributed by atoms with Crippen molar-refractivity contribution in [1.29, 1.82) is 0 Å². The van der Waals surface area contributed by atoms with E-state index in [0.717, 1.165) is 28.3 Å². The number of nitrogens with one attached hydrogen (secondary N) is 1. The Bertz CT molecular complexity index is 2360. The number of nitrogens with zero attached hydrogens (tertiary/aromatic N) is 4. The zero-order valence-corrected chi connectivity index (χ0v) is 34.7. The minimum Gasteiger partial charge on any atom is -0.481 e. The van der Waals surface area contributed by atoms with Crippen LogP contribution in [0.1, 0.15) is 44.1 Å². The molecular formula is C45H45ClF3N6O3S+. The average Bonchev–Trinajstić information content (AvgIpc) is 3.55. The summed E-state index contributed by atoms with van der Waals surface area (Å²) in [5.41, 5.74) is 9.35. The fraction of sp³-hybridized carbons (Fsp3) is 0.244. The van der Waals surface area contributed by atoms with Gasteiger partial charge in [-0.1, -0.05) is 96.0 Å². The van der Waals surface area contributed by atoms with E-state index < -0.39 is 33.7 Å². The van der Waals surface area contributed by atoms with Crippen molar-refractivity contribution in [1.82, 2.24) is 19.6 Å². The summed E-state index contributed by atoms with van der Waals surface area (Å²) < 4.78 is 45.8. The van der Waals surface area contributed by atoms with Gasteiger partial charge in [0.25, 0.3) is 0 Å². The highest BCUT2D eigenvalue weighted by Gasteiger charge is 2.57. The number of quaternary nitrogens is 1. The molecule has 306 valence electrons. The number of thiazole rings is 1. The summed E-state index contributed by atoms with van der Waals surface area (Å²) in [6, 6.07) is 31.8. The molecule has 2 heterocycles. The molecule has 2 amide bonds. The van der Waals surface area contributed by atoms with E-state index in [0.29, 0.717) is 44.5 Å². The van der Waals surface area contributed by atoms with Crippen LogP contribution in [0.2, 0.25) is 5.02 Å². The van der Waals surface area contributed by atoms with Crippen molar-refractivity contribution in [2.45, 2.75) is 45.3 Å². The minimum absolute atomic E-state index is 0.0720. The first-order valence-corrected chi connectivity index (χ1v) is 20.1.